The highest BCUT2D eigenvalue weighted by Crippen LogP contribution is 2.71. The maximum Gasteiger partial charge on any atom is 0.313 e. The van der Waals surface area contributed by atoms with E-state index in [0.717, 1.165) is 48.9 Å². The summed E-state index contributed by atoms with van der Waals surface area (Å²) in [6.07, 6.45) is 8.89. The van der Waals surface area contributed by atoms with Gasteiger partial charge in [0.2, 0.25) is 0 Å². The van der Waals surface area contributed by atoms with Crippen LogP contribution in [0.15, 0.2) is 0 Å². The van der Waals surface area contributed by atoms with Crippen molar-refractivity contribution in [2.24, 2.45) is 58.2 Å². The molecule has 9 atom stereocenters. The van der Waals surface area contributed by atoms with E-state index in [1.165, 1.54) is 25.7 Å². The number of fused-ring (bicyclic) bond motifs is 9. The van der Waals surface area contributed by atoms with Gasteiger partial charge in [0, 0.05) is 5.92 Å². The van der Waals surface area contributed by atoms with Crippen LogP contribution in [0.25, 0.3) is 0 Å². The summed E-state index contributed by atoms with van der Waals surface area (Å²) in [6, 6.07) is 0. The molecule has 0 radical (unpaired) electrons. The van der Waals surface area contributed by atoms with Crippen molar-refractivity contribution >= 4 is 5.97 Å². The van der Waals surface area contributed by atoms with E-state index in [0.29, 0.717) is 17.8 Å². The second-order valence-electron chi connectivity index (χ2n) is 12.8. The maximum absolute atomic E-state index is 14.0. The zero-order valence-corrected chi connectivity index (χ0v) is 20.4. The minimum atomic E-state index is -0.450. The average Bonchev–Trinajstić information content (AvgIpc) is 3.39. The van der Waals surface area contributed by atoms with Gasteiger partial charge in [-0.1, -0.05) is 54.9 Å². The molecular formula is C27H46O2. The van der Waals surface area contributed by atoms with Crippen molar-refractivity contribution in [3.05, 3.63) is 0 Å². The van der Waals surface area contributed by atoms with Crippen molar-refractivity contribution in [3.8, 4) is 0 Å². The van der Waals surface area contributed by atoms with Gasteiger partial charge in [-0.25, -0.2) is 0 Å². The molecule has 2 nitrogen and oxygen atoms in total. The Hall–Kier alpha value is -0.530. The quantitative estimate of drug-likeness (QED) is 0.349. The smallest absolute Gasteiger partial charge is 0.313 e. The highest BCUT2D eigenvalue weighted by molar-refractivity contribution is 5.78. The Morgan fingerprint density at radius 2 is 1.62 bits per heavy atom. The van der Waals surface area contributed by atoms with Crippen LogP contribution in [-0.4, -0.2) is 11.6 Å². The van der Waals surface area contributed by atoms with E-state index in [1.54, 1.807) is 0 Å². The van der Waals surface area contributed by atoms with Crippen molar-refractivity contribution in [1.82, 2.24) is 0 Å². The molecule has 4 fully saturated rings. The number of carbonyl (C=O) groups is 1. The van der Waals surface area contributed by atoms with Crippen molar-refractivity contribution in [1.29, 1.82) is 0 Å². The summed E-state index contributed by atoms with van der Waals surface area (Å²) in [4.78, 5) is 14.0. The molecule has 29 heavy (non-hydrogen) atoms. The first-order valence-corrected chi connectivity index (χ1v) is 12.7. The van der Waals surface area contributed by atoms with Crippen LogP contribution in [0.5, 0.6) is 0 Å². The number of ether oxygens (including phenoxy) is 1. The third-order valence-corrected chi connectivity index (χ3v) is 10.8. The summed E-state index contributed by atoms with van der Waals surface area (Å²) in [5, 5.41) is 0. The Balaban J connectivity index is 1.62. The maximum atomic E-state index is 14.0. The zero-order chi connectivity index (χ0) is 21.4. The highest BCUT2D eigenvalue weighted by atomic mass is 16.6. The molecular weight excluding hydrogens is 356 g/mol. The van der Waals surface area contributed by atoms with Gasteiger partial charge in [-0.05, 0) is 92.3 Å². The van der Waals surface area contributed by atoms with E-state index in [4.69, 9.17) is 4.74 Å². The molecule has 0 aromatic heterocycles. The van der Waals surface area contributed by atoms with Crippen LogP contribution in [0.3, 0.4) is 0 Å². The van der Waals surface area contributed by atoms with Crippen molar-refractivity contribution < 1.29 is 9.53 Å². The van der Waals surface area contributed by atoms with Crippen molar-refractivity contribution in [3.63, 3.8) is 0 Å². The largest absolute Gasteiger partial charge is 0.458 e. The lowest BCUT2D eigenvalue weighted by atomic mass is 9.57. The van der Waals surface area contributed by atoms with Gasteiger partial charge in [0.05, 0.1) is 5.41 Å². The zero-order valence-electron chi connectivity index (χ0n) is 20.4. The van der Waals surface area contributed by atoms with Gasteiger partial charge in [-0.3, -0.25) is 4.79 Å². The van der Waals surface area contributed by atoms with E-state index >= 15 is 0 Å². The Morgan fingerprint density at radius 1 is 1.00 bits per heavy atom. The van der Waals surface area contributed by atoms with Gasteiger partial charge in [-0.2, -0.15) is 0 Å². The number of carbonyl (C=O) groups excluding carboxylic acids is 1. The normalized spacial score (nSPS) is 43.5. The first kappa shape index (κ1) is 21.7. The van der Waals surface area contributed by atoms with Gasteiger partial charge in [-0.15, -0.1) is 0 Å². The lowest BCUT2D eigenvalue weighted by Crippen LogP contribution is -2.54. The first-order chi connectivity index (χ1) is 13.5. The van der Waals surface area contributed by atoms with Gasteiger partial charge >= 0.3 is 5.97 Å². The molecule has 0 saturated heterocycles. The predicted molar refractivity (Wildman–Crippen MR) is 119 cm³/mol. The Bertz CT molecular complexity index is 645. The molecule has 0 spiro atoms. The standard InChI is InChI=1S/C27H46O2/c1-9-20(16(3)4)26(8,25(5,6)7)24(28)29-27(10-2)15-19-14-21(27)23-18-12-11-17(13-18)22(19)23/h16-23H,9-15H2,1-8H3. The summed E-state index contributed by atoms with van der Waals surface area (Å²) in [5.41, 5.74) is -0.750. The summed E-state index contributed by atoms with van der Waals surface area (Å²) in [7, 11) is 0. The van der Waals surface area contributed by atoms with E-state index in [2.05, 4.69) is 55.4 Å². The molecule has 4 aliphatic rings. The van der Waals surface area contributed by atoms with Crippen LogP contribution in [0.2, 0.25) is 0 Å². The molecule has 4 aliphatic carbocycles. The fourth-order valence-electron chi connectivity index (χ4n) is 9.14. The third-order valence-electron chi connectivity index (χ3n) is 10.8. The minimum absolute atomic E-state index is 0.0969. The van der Waals surface area contributed by atoms with Crippen molar-refractivity contribution in [2.75, 3.05) is 0 Å². The summed E-state index contributed by atoms with van der Waals surface area (Å²) in [5.74, 6) is 6.11. The summed E-state index contributed by atoms with van der Waals surface area (Å²) >= 11 is 0. The monoisotopic (exact) mass is 402 g/mol. The highest BCUT2D eigenvalue weighted by Gasteiger charge is 2.68. The predicted octanol–water partition coefficient (Wildman–Crippen LogP) is 7.12. The lowest BCUT2D eigenvalue weighted by Gasteiger charge is -2.51. The molecule has 166 valence electrons. The Kier molecular flexibility index (Phi) is 5.23. The Morgan fingerprint density at radius 3 is 2.14 bits per heavy atom. The average molecular weight is 403 g/mol. The van der Waals surface area contributed by atoms with Gasteiger partial charge in [0.25, 0.3) is 0 Å². The summed E-state index contributed by atoms with van der Waals surface area (Å²) < 4.78 is 6.78. The first-order valence-electron chi connectivity index (χ1n) is 12.7. The molecule has 0 aliphatic heterocycles. The molecule has 0 amide bonds. The van der Waals surface area contributed by atoms with E-state index in [9.17, 15) is 4.79 Å². The fourth-order valence-corrected chi connectivity index (χ4v) is 9.14. The van der Waals surface area contributed by atoms with Crippen LogP contribution >= 0.6 is 0 Å². The molecule has 9 unspecified atom stereocenters. The van der Waals surface area contributed by atoms with Gasteiger partial charge in [0.15, 0.2) is 0 Å². The Labute approximate surface area is 179 Å². The number of hydrogen-bond donors (Lipinski definition) is 0. The molecule has 4 saturated carbocycles. The topological polar surface area (TPSA) is 26.3 Å². The second-order valence-corrected chi connectivity index (χ2v) is 12.8. The molecule has 0 heterocycles. The van der Waals surface area contributed by atoms with E-state index in [1.807, 2.05) is 0 Å². The molecule has 2 heteroatoms. The SMILES string of the molecule is CCC(C(C)C)C(C)(C(=O)OC1(CC)CC2CC1C1C3CCC(C3)C21)C(C)(C)C. The summed E-state index contributed by atoms with van der Waals surface area (Å²) in [6.45, 7) is 18.0. The van der Waals surface area contributed by atoms with Crippen LogP contribution < -0.4 is 0 Å². The third kappa shape index (κ3) is 2.89. The van der Waals surface area contributed by atoms with Crippen LogP contribution in [0.1, 0.15) is 100 Å². The van der Waals surface area contributed by atoms with E-state index < -0.39 is 5.41 Å². The number of hydrogen-bond acceptors (Lipinski definition) is 2. The molecule has 4 bridgehead atoms. The van der Waals surface area contributed by atoms with Crippen LogP contribution in [0.4, 0.5) is 0 Å². The molecule has 0 N–H and O–H groups in total. The molecule has 0 aromatic rings. The molecule has 4 rings (SSSR count). The number of rotatable bonds is 6. The fraction of sp³-hybridized carbons (Fsp3) is 0.963. The van der Waals surface area contributed by atoms with Crippen LogP contribution in [0, 0.1) is 58.2 Å². The molecule has 0 aromatic carbocycles. The van der Waals surface area contributed by atoms with Crippen LogP contribution in [-0.2, 0) is 9.53 Å². The second kappa shape index (κ2) is 6.99. The lowest BCUT2D eigenvalue weighted by molar-refractivity contribution is -0.197. The minimum Gasteiger partial charge on any atom is -0.458 e. The van der Waals surface area contributed by atoms with Gasteiger partial charge in [0.1, 0.15) is 5.60 Å². The number of esters is 1. The van der Waals surface area contributed by atoms with Crippen molar-refractivity contribution in [2.45, 2.75) is 106 Å². The van der Waals surface area contributed by atoms with E-state index in [-0.39, 0.29) is 17.0 Å². The van der Waals surface area contributed by atoms with Gasteiger partial charge < -0.3 is 4.74 Å².